The minimum atomic E-state index is -0.422. The number of esters is 1. The zero-order valence-corrected chi connectivity index (χ0v) is 17.4. The lowest BCUT2D eigenvalue weighted by atomic mass is 10.1. The van der Waals surface area contributed by atoms with Gasteiger partial charge < -0.3 is 10.1 Å². The molecule has 0 saturated carbocycles. The molecule has 0 radical (unpaired) electrons. The van der Waals surface area contributed by atoms with Crippen molar-refractivity contribution < 1.29 is 14.3 Å². The smallest absolute Gasteiger partial charge is 0.350 e. The third kappa shape index (κ3) is 5.03. The van der Waals surface area contributed by atoms with Crippen LogP contribution in [0.4, 0.5) is 5.69 Å². The zero-order valence-electron chi connectivity index (χ0n) is 15.7. The Kier molecular flexibility index (Phi) is 6.90. The number of thioether (sulfide) groups is 1. The molecule has 1 aromatic heterocycles. The second kappa shape index (κ2) is 9.57. The van der Waals surface area contributed by atoms with E-state index < -0.39 is 5.97 Å². The van der Waals surface area contributed by atoms with Gasteiger partial charge in [-0.2, -0.15) is 0 Å². The Balaban J connectivity index is 1.81. The van der Waals surface area contributed by atoms with Crippen molar-refractivity contribution in [1.82, 2.24) is 0 Å². The van der Waals surface area contributed by atoms with Crippen LogP contribution in [-0.2, 0) is 16.0 Å². The number of amides is 1. The van der Waals surface area contributed by atoms with Crippen LogP contribution >= 0.6 is 23.1 Å². The van der Waals surface area contributed by atoms with Gasteiger partial charge in [0.2, 0.25) is 5.91 Å². The highest BCUT2D eigenvalue weighted by atomic mass is 32.2. The van der Waals surface area contributed by atoms with Crippen LogP contribution in [0.2, 0.25) is 0 Å². The summed E-state index contributed by atoms with van der Waals surface area (Å²) in [5.74, 6) is -0.589. The molecule has 144 valence electrons. The predicted molar refractivity (Wildman–Crippen MR) is 116 cm³/mol. The molecular formula is C22H21NO3S2. The summed E-state index contributed by atoms with van der Waals surface area (Å²) in [6.45, 7) is 2.05. The normalized spacial score (nSPS) is 10.5. The van der Waals surface area contributed by atoms with Crippen molar-refractivity contribution >= 4 is 40.7 Å². The first kappa shape index (κ1) is 20.2. The van der Waals surface area contributed by atoms with Crippen LogP contribution in [0, 0.1) is 0 Å². The lowest BCUT2D eigenvalue weighted by molar-refractivity contribution is -0.115. The predicted octanol–water partition coefficient (Wildman–Crippen LogP) is 5.49. The van der Waals surface area contributed by atoms with Gasteiger partial charge in [0.25, 0.3) is 0 Å². The van der Waals surface area contributed by atoms with E-state index >= 15 is 0 Å². The Morgan fingerprint density at radius 1 is 1.07 bits per heavy atom. The number of ether oxygens (including phenoxy) is 1. The topological polar surface area (TPSA) is 55.4 Å². The first-order valence-electron chi connectivity index (χ1n) is 8.90. The van der Waals surface area contributed by atoms with E-state index in [2.05, 4.69) is 5.32 Å². The second-order valence-corrected chi connectivity index (χ2v) is 7.94. The maximum Gasteiger partial charge on any atom is 0.350 e. The molecule has 0 bridgehead atoms. The van der Waals surface area contributed by atoms with Crippen LogP contribution in [0.1, 0.15) is 22.2 Å². The Labute approximate surface area is 172 Å². The van der Waals surface area contributed by atoms with Crippen molar-refractivity contribution in [2.75, 3.05) is 18.2 Å². The quantitative estimate of drug-likeness (QED) is 0.412. The Morgan fingerprint density at radius 3 is 2.43 bits per heavy atom. The molecule has 0 spiro atoms. The first-order valence-corrected chi connectivity index (χ1v) is 10.9. The molecule has 6 heteroatoms. The molecule has 1 heterocycles. The highest BCUT2D eigenvalue weighted by Crippen LogP contribution is 2.35. The van der Waals surface area contributed by atoms with Gasteiger partial charge in [-0.15, -0.1) is 23.1 Å². The molecule has 0 aliphatic heterocycles. The number of anilines is 1. The molecule has 0 aliphatic carbocycles. The summed E-state index contributed by atoms with van der Waals surface area (Å²) in [5.41, 5.74) is 2.41. The first-order chi connectivity index (χ1) is 13.6. The minimum Gasteiger partial charge on any atom is -0.462 e. The van der Waals surface area contributed by atoms with Crippen molar-refractivity contribution in [3.63, 3.8) is 0 Å². The molecule has 3 rings (SSSR count). The molecule has 28 heavy (non-hydrogen) atoms. The summed E-state index contributed by atoms with van der Waals surface area (Å²) < 4.78 is 5.16. The highest BCUT2D eigenvalue weighted by molar-refractivity contribution is 7.98. The lowest BCUT2D eigenvalue weighted by Crippen LogP contribution is -2.16. The SMILES string of the molecule is CCOC(=O)c1sc(-c2ccccc2)cc1NC(=O)Cc1ccc(SC)cc1. The molecule has 1 N–H and O–H groups in total. The number of carbonyl (C=O) groups is 2. The van der Waals surface area contributed by atoms with Crippen molar-refractivity contribution in [2.24, 2.45) is 0 Å². The molecule has 3 aromatic rings. The fourth-order valence-electron chi connectivity index (χ4n) is 2.70. The summed E-state index contributed by atoms with van der Waals surface area (Å²) in [6.07, 6.45) is 2.26. The van der Waals surface area contributed by atoms with Crippen LogP contribution < -0.4 is 5.32 Å². The van der Waals surface area contributed by atoms with E-state index in [-0.39, 0.29) is 18.9 Å². The van der Waals surface area contributed by atoms with Crippen LogP contribution in [0.25, 0.3) is 10.4 Å². The van der Waals surface area contributed by atoms with Crippen molar-refractivity contribution in [3.8, 4) is 10.4 Å². The third-order valence-electron chi connectivity index (χ3n) is 4.05. The molecule has 0 atom stereocenters. The van der Waals surface area contributed by atoms with Gasteiger partial charge in [0.1, 0.15) is 4.88 Å². The maximum atomic E-state index is 12.6. The van der Waals surface area contributed by atoms with Gasteiger partial charge in [0, 0.05) is 9.77 Å². The summed E-state index contributed by atoms with van der Waals surface area (Å²) in [4.78, 5) is 27.4. The van der Waals surface area contributed by atoms with Crippen LogP contribution in [-0.4, -0.2) is 24.7 Å². The molecule has 0 fully saturated rings. The molecular weight excluding hydrogens is 390 g/mol. The number of rotatable bonds is 7. The number of benzene rings is 2. The summed E-state index contributed by atoms with van der Waals surface area (Å²) in [6, 6.07) is 19.5. The summed E-state index contributed by atoms with van der Waals surface area (Å²) in [7, 11) is 0. The molecule has 0 saturated heterocycles. The van der Waals surface area contributed by atoms with Gasteiger partial charge in [-0.1, -0.05) is 42.5 Å². The van der Waals surface area contributed by atoms with Crippen LogP contribution in [0.15, 0.2) is 65.6 Å². The van der Waals surface area contributed by atoms with E-state index in [9.17, 15) is 9.59 Å². The van der Waals surface area contributed by atoms with Gasteiger partial charge in [-0.25, -0.2) is 4.79 Å². The van der Waals surface area contributed by atoms with Gasteiger partial charge in [0.15, 0.2) is 0 Å². The molecule has 0 aliphatic rings. The minimum absolute atomic E-state index is 0.167. The third-order valence-corrected chi connectivity index (χ3v) is 5.96. The fourth-order valence-corrected chi connectivity index (χ4v) is 4.12. The summed E-state index contributed by atoms with van der Waals surface area (Å²) in [5, 5.41) is 2.88. The average molecular weight is 412 g/mol. The van der Waals surface area contributed by atoms with Gasteiger partial charge in [-0.05, 0) is 42.5 Å². The fraction of sp³-hybridized carbons (Fsp3) is 0.182. The number of hydrogen-bond acceptors (Lipinski definition) is 5. The van der Waals surface area contributed by atoms with Crippen molar-refractivity contribution in [2.45, 2.75) is 18.2 Å². The summed E-state index contributed by atoms with van der Waals surface area (Å²) >= 11 is 2.98. The Hall–Kier alpha value is -2.57. The Bertz CT molecular complexity index is 950. The van der Waals surface area contributed by atoms with E-state index in [4.69, 9.17) is 4.74 Å². The average Bonchev–Trinajstić information content (AvgIpc) is 3.13. The van der Waals surface area contributed by atoms with E-state index in [1.54, 1.807) is 18.7 Å². The number of carbonyl (C=O) groups excluding carboxylic acids is 2. The maximum absolute atomic E-state index is 12.6. The van der Waals surface area contributed by atoms with Gasteiger partial charge >= 0.3 is 5.97 Å². The number of thiophene rings is 1. The van der Waals surface area contributed by atoms with Crippen LogP contribution in [0.5, 0.6) is 0 Å². The van der Waals surface area contributed by atoms with E-state index in [0.29, 0.717) is 10.6 Å². The molecule has 1 amide bonds. The molecule has 2 aromatic carbocycles. The van der Waals surface area contributed by atoms with Gasteiger partial charge in [0.05, 0.1) is 18.7 Å². The largest absolute Gasteiger partial charge is 0.462 e. The monoisotopic (exact) mass is 411 g/mol. The zero-order chi connectivity index (χ0) is 19.9. The molecule has 0 unspecified atom stereocenters. The Morgan fingerprint density at radius 2 is 1.79 bits per heavy atom. The lowest BCUT2D eigenvalue weighted by Gasteiger charge is -2.07. The van der Waals surface area contributed by atoms with Crippen molar-refractivity contribution in [3.05, 3.63) is 71.1 Å². The van der Waals surface area contributed by atoms with E-state index in [1.165, 1.54) is 11.3 Å². The van der Waals surface area contributed by atoms with E-state index in [1.807, 2.05) is 66.9 Å². The molecule has 4 nitrogen and oxygen atoms in total. The number of hydrogen-bond donors (Lipinski definition) is 1. The van der Waals surface area contributed by atoms with Crippen molar-refractivity contribution in [1.29, 1.82) is 0 Å². The van der Waals surface area contributed by atoms with Crippen LogP contribution in [0.3, 0.4) is 0 Å². The second-order valence-electron chi connectivity index (χ2n) is 6.01. The standard InChI is InChI=1S/C22H21NO3S2/c1-3-26-22(25)21-18(14-19(28-21)16-7-5-4-6-8-16)23-20(24)13-15-9-11-17(27-2)12-10-15/h4-12,14H,3,13H2,1-2H3,(H,23,24). The number of nitrogens with one attached hydrogen (secondary N) is 1. The van der Waals surface area contributed by atoms with E-state index in [0.717, 1.165) is 20.9 Å². The van der Waals surface area contributed by atoms with Gasteiger partial charge in [-0.3, -0.25) is 4.79 Å². The highest BCUT2D eigenvalue weighted by Gasteiger charge is 2.20.